The Kier molecular flexibility index (Phi) is 4.13. The van der Waals surface area contributed by atoms with Gasteiger partial charge >= 0.3 is 5.69 Å². The van der Waals surface area contributed by atoms with Gasteiger partial charge in [0.15, 0.2) is 0 Å². The summed E-state index contributed by atoms with van der Waals surface area (Å²) in [6.45, 7) is 0. The first kappa shape index (κ1) is 14.4. The van der Waals surface area contributed by atoms with Crippen LogP contribution < -0.4 is 10.1 Å². The summed E-state index contributed by atoms with van der Waals surface area (Å²) in [4.78, 5) is 21.6. The van der Waals surface area contributed by atoms with Gasteiger partial charge in [-0.3, -0.25) is 14.9 Å². The summed E-state index contributed by atoms with van der Waals surface area (Å²) in [5, 5.41) is 13.1. The molecule has 1 N–H and O–H groups in total. The molecule has 0 aliphatic rings. The predicted molar refractivity (Wildman–Crippen MR) is 74.0 cm³/mol. The zero-order valence-corrected chi connectivity index (χ0v) is 11.0. The maximum absolute atomic E-state index is 13.5. The average molecular weight is 290 g/mol. The summed E-state index contributed by atoms with van der Waals surface area (Å²) in [5.41, 5.74) is -0.216. The van der Waals surface area contributed by atoms with Crippen molar-refractivity contribution in [1.82, 2.24) is 0 Å². The molecular weight excluding hydrogens is 279 g/mol. The number of hydrogen-bond acceptors (Lipinski definition) is 4. The van der Waals surface area contributed by atoms with Crippen molar-refractivity contribution >= 4 is 17.3 Å². The quantitative estimate of drug-likeness (QED) is 0.693. The fraction of sp³-hybridized carbons (Fsp3) is 0.0714. The maximum Gasteiger partial charge on any atom is 0.304 e. The van der Waals surface area contributed by atoms with Gasteiger partial charge < -0.3 is 10.1 Å². The van der Waals surface area contributed by atoms with Gasteiger partial charge in [0.25, 0.3) is 5.91 Å². The minimum absolute atomic E-state index is 0.0130. The Morgan fingerprint density at radius 1 is 1.29 bits per heavy atom. The van der Waals surface area contributed by atoms with Crippen molar-refractivity contribution in [2.45, 2.75) is 0 Å². The van der Waals surface area contributed by atoms with Gasteiger partial charge in [-0.05, 0) is 24.3 Å². The molecular formula is C14H11FN2O4. The Bertz CT molecular complexity index is 703. The Balaban J connectivity index is 2.20. The number of benzene rings is 2. The van der Waals surface area contributed by atoms with Crippen molar-refractivity contribution in [3.8, 4) is 5.75 Å². The second-order valence-corrected chi connectivity index (χ2v) is 4.11. The number of hydrogen-bond donors (Lipinski definition) is 1. The fourth-order valence-electron chi connectivity index (χ4n) is 1.70. The van der Waals surface area contributed by atoms with Crippen LogP contribution >= 0.6 is 0 Å². The van der Waals surface area contributed by atoms with E-state index in [-0.39, 0.29) is 5.56 Å². The molecule has 0 spiro atoms. The Morgan fingerprint density at radius 3 is 2.67 bits per heavy atom. The number of anilines is 1. The molecule has 0 fully saturated rings. The lowest BCUT2D eigenvalue weighted by Crippen LogP contribution is -2.12. The third-order valence-corrected chi connectivity index (χ3v) is 2.73. The van der Waals surface area contributed by atoms with E-state index in [1.54, 1.807) is 24.3 Å². The molecule has 0 atom stereocenters. The highest BCUT2D eigenvalue weighted by Gasteiger charge is 2.16. The molecule has 2 rings (SSSR count). The highest BCUT2D eigenvalue weighted by Crippen LogP contribution is 2.20. The maximum atomic E-state index is 13.5. The Labute approximate surface area is 119 Å². The van der Waals surface area contributed by atoms with Crippen LogP contribution in [0.5, 0.6) is 5.75 Å². The van der Waals surface area contributed by atoms with Crippen molar-refractivity contribution in [3.63, 3.8) is 0 Å². The van der Waals surface area contributed by atoms with Crippen LogP contribution in [0.4, 0.5) is 15.8 Å². The number of amides is 1. The molecule has 0 unspecified atom stereocenters. The number of nitro groups is 1. The summed E-state index contributed by atoms with van der Waals surface area (Å²) < 4.78 is 18.5. The van der Waals surface area contributed by atoms with Crippen molar-refractivity contribution < 1.29 is 18.8 Å². The van der Waals surface area contributed by atoms with Gasteiger partial charge in [-0.2, -0.15) is 4.39 Å². The molecule has 2 aromatic rings. The van der Waals surface area contributed by atoms with Gasteiger partial charge in [0.05, 0.1) is 12.0 Å². The number of nitro benzene ring substituents is 1. The van der Waals surface area contributed by atoms with Crippen LogP contribution in [-0.4, -0.2) is 17.9 Å². The van der Waals surface area contributed by atoms with E-state index in [1.807, 2.05) is 0 Å². The zero-order chi connectivity index (χ0) is 15.4. The molecule has 6 nitrogen and oxygen atoms in total. The van der Waals surface area contributed by atoms with Crippen molar-refractivity contribution in [3.05, 3.63) is 64.0 Å². The molecule has 0 saturated carbocycles. The highest BCUT2D eigenvalue weighted by atomic mass is 19.1. The highest BCUT2D eigenvalue weighted by molar-refractivity contribution is 6.04. The van der Waals surface area contributed by atoms with Crippen LogP contribution in [0.3, 0.4) is 0 Å². The van der Waals surface area contributed by atoms with E-state index in [9.17, 15) is 19.3 Å². The summed E-state index contributed by atoms with van der Waals surface area (Å²) >= 11 is 0. The van der Waals surface area contributed by atoms with Gasteiger partial charge in [0, 0.05) is 23.4 Å². The lowest BCUT2D eigenvalue weighted by molar-refractivity contribution is -0.387. The van der Waals surface area contributed by atoms with E-state index < -0.39 is 22.3 Å². The number of methoxy groups -OCH3 is 1. The fourth-order valence-corrected chi connectivity index (χ4v) is 1.70. The van der Waals surface area contributed by atoms with Gasteiger partial charge in [-0.15, -0.1) is 0 Å². The lowest BCUT2D eigenvalue weighted by atomic mass is 10.2. The van der Waals surface area contributed by atoms with E-state index in [4.69, 9.17) is 4.74 Å². The zero-order valence-electron chi connectivity index (χ0n) is 11.0. The molecule has 1 amide bonds. The summed E-state index contributed by atoms with van der Waals surface area (Å²) in [5.74, 6) is -1.07. The molecule has 2 aromatic carbocycles. The first-order valence-corrected chi connectivity index (χ1v) is 5.90. The molecule has 108 valence electrons. The lowest BCUT2D eigenvalue weighted by Gasteiger charge is -2.07. The smallest absolute Gasteiger partial charge is 0.304 e. The number of carbonyl (C=O) groups excluding carboxylic acids is 1. The standard InChI is InChI=1S/C14H11FN2O4/c1-21-11-4-2-3-10(8-11)16-14(18)9-5-6-13(17(19)20)12(15)7-9/h2-8H,1H3,(H,16,18). The number of carbonyl (C=O) groups is 1. The normalized spacial score (nSPS) is 10.0. The topological polar surface area (TPSA) is 81.5 Å². The SMILES string of the molecule is COc1cccc(NC(=O)c2ccc([N+](=O)[O-])c(F)c2)c1. The van der Waals surface area contributed by atoms with Gasteiger partial charge in [0.2, 0.25) is 5.82 Å². The summed E-state index contributed by atoms with van der Waals surface area (Å²) in [7, 11) is 1.49. The monoisotopic (exact) mass is 290 g/mol. The van der Waals surface area contributed by atoms with Gasteiger partial charge in [-0.25, -0.2) is 0 Å². The van der Waals surface area contributed by atoms with Crippen LogP contribution in [0, 0.1) is 15.9 Å². The van der Waals surface area contributed by atoms with Crippen molar-refractivity contribution in [2.75, 3.05) is 12.4 Å². The van der Waals surface area contributed by atoms with Crippen molar-refractivity contribution in [2.24, 2.45) is 0 Å². The molecule has 0 aliphatic heterocycles. The van der Waals surface area contributed by atoms with Gasteiger partial charge in [-0.1, -0.05) is 6.07 Å². The molecule has 7 heteroatoms. The van der Waals surface area contributed by atoms with Gasteiger partial charge in [0.1, 0.15) is 5.75 Å². The number of ether oxygens (including phenoxy) is 1. The molecule has 0 aromatic heterocycles. The number of rotatable bonds is 4. The molecule has 0 bridgehead atoms. The van der Waals surface area contributed by atoms with E-state index >= 15 is 0 Å². The molecule has 0 radical (unpaired) electrons. The first-order chi connectivity index (χ1) is 10.0. The summed E-state index contributed by atoms with van der Waals surface area (Å²) in [6.07, 6.45) is 0. The Hall–Kier alpha value is -2.96. The predicted octanol–water partition coefficient (Wildman–Crippen LogP) is 2.99. The van der Waals surface area contributed by atoms with E-state index in [0.29, 0.717) is 11.4 Å². The van der Waals surface area contributed by atoms with Crippen LogP contribution in [0.25, 0.3) is 0 Å². The van der Waals surface area contributed by atoms with E-state index in [2.05, 4.69) is 5.32 Å². The molecule has 21 heavy (non-hydrogen) atoms. The Morgan fingerprint density at radius 2 is 2.05 bits per heavy atom. The third kappa shape index (κ3) is 3.33. The molecule has 0 aliphatic carbocycles. The second-order valence-electron chi connectivity index (χ2n) is 4.11. The van der Waals surface area contributed by atoms with Crippen LogP contribution in [0.2, 0.25) is 0 Å². The minimum Gasteiger partial charge on any atom is -0.497 e. The van der Waals surface area contributed by atoms with Crippen LogP contribution in [-0.2, 0) is 0 Å². The number of nitrogens with zero attached hydrogens (tertiary/aromatic N) is 1. The summed E-state index contributed by atoms with van der Waals surface area (Å²) in [6, 6.07) is 9.61. The number of halogens is 1. The minimum atomic E-state index is -1.06. The van der Waals surface area contributed by atoms with Crippen LogP contribution in [0.1, 0.15) is 10.4 Å². The number of nitrogens with one attached hydrogen (secondary N) is 1. The van der Waals surface area contributed by atoms with Crippen molar-refractivity contribution in [1.29, 1.82) is 0 Å². The van der Waals surface area contributed by atoms with E-state index in [0.717, 1.165) is 12.1 Å². The third-order valence-electron chi connectivity index (χ3n) is 2.73. The van der Waals surface area contributed by atoms with E-state index in [1.165, 1.54) is 13.2 Å². The molecule has 0 heterocycles. The first-order valence-electron chi connectivity index (χ1n) is 5.90. The largest absolute Gasteiger partial charge is 0.497 e. The second kappa shape index (κ2) is 6.00. The average Bonchev–Trinajstić information content (AvgIpc) is 2.46. The van der Waals surface area contributed by atoms with Crippen LogP contribution in [0.15, 0.2) is 42.5 Å². The molecule has 0 saturated heterocycles.